The van der Waals surface area contributed by atoms with Gasteiger partial charge in [0.05, 0.1) is 0 Å². The number of thiazole rings is 1. The highest BCUT2D eigenvalue weighted by Gasteiger charge is 2.37. The van der Waals surface area contributed by atoms with E-state index in [-0.39, 0.29) is 5.78 Å². The molecule has 2 heterocycles. The number of aromatic nitrogens is 1. The van der Waals surface area contributed by atoms with Gasteiger partial charge in [-0.2, -0.15) is 0 Å². The summed E-state index contributed by atoms with van der Waals surface area (Å²) < 4.78 is 5.34. The molecule has 19 heavy (non-hydrogen) atoms. The average molecular weight is 282 g/mol. The third-order valence-electron chi connectivity index (χ3n) is 2.83. The van der Waals surface area contributed by atoms with Gasteiger partial charge in [0.1, 0.15) is 11.6 Å². The van der Waals surface area contributed by atoms with Gasteiger partial charge in [0.2, 0.25) is 5.78 Å². The minimum atomic E-state index is -0.547. The van der Waals surface area contributed by atoms with E-state index in [0.717, 1.165) is 6.42 Å². The smallest absolute Gasteiger partial charge is 0.410 e. The van der Waals surface area contributed by atoms with E-state index in [1.807, 2.05) is 20.8 Å². The largest absolute Gasteiger partial charge is 0.444 e. The molecule has 5 nitrogen and oxygen atoms in total. The van der Waals surface area contributed by atoms with Crippen LogP contribution in [-0.4, -0.2) is 39.9 Å². The number of carbonyl (C=O) groups excluding carboxylic acids is 2. The van der Waals surface area contributed by atoms with E-state index in [2.05, 4.69) is 4.98 Å². The maximum atomic E-state index is 12.3. The summed E-state index contributed by atoms with van der Waals surface area (Å²) in [7, 11) is 0. The zero-order chi connectivity index (χ0) is 14.0. The molecule has 1 aliphatic rings. The minimum Gasteiger partial charge on any atom is -0.444 e. The number of rotatable bonds is 2. The van der Waals surface area contributed by atoms with E-state index < -0.39 is 17.7 Å². The lowest BCUT2D eigenvalue weighted by Crippen LogP contribution is -2.43. The highest BCUT2D eigenvalue weighted by molar-refractivity contribution is 7.11. The van der Waals surface area contributed by atoms with Crippen LogP contribution in [0.15, 0.2) is 11.6 Å². The van der Waals surface area contributed by atoms with Gasteiger partial charge in [-0.15, -0.1) is 11.3 Å². The van der Waals surface area contributed by atoms with Crippen LogP contribution in [0.4, 0.5) is 4.79 Å². The van der Waals surface area contributed by atoms with Crippen LogP contribution in [0.3, 0.4) is 0 Å². The first-order chi connectivity index (χ1) is 8.88. The summed E-state index contributed by atoms with van der Waals surface area (Å²) in [5.41, 5.74) is -0.547. The molecule has 1 amide bonds. The fraction of sp³-hybridized carbons (Fsp3) is 0.615. The van der Waals surface area contributed by atoms with E-state index in [1.165, 1.54) is 16.2 Å². The number of nitrogens with zero attached hydrogens (tertiary/aromatic N) is 2. The quantitative estimate of drug-likeness (QED) is 0.783. The summed E-state index contributed by atoms with van der Waals surface area (Å²) in [6.45, 7) is 6.02. The Morgan fingerprint density at radius 2 is 2.21 bits per heavy atom. The molecule has 0 aliphatic carbocycles. The van der Waals surface area contributed by atoms with Crippen molar-refractivity contribution in [1.82, 2.24) is 9.88 Å². The summed E-state index contributed by atoms with van der Waals surface area (Å²) in [4.78, 5) is 29.9. The average Bonchev–Trinajstić information content (AvgIpc) is 2.97. The number of Topliss-reactive ketones (excluding diaryl/α,β-unsaturated/α-hetero) is 1. The van der Waals surface area contributed by atoms with E-state index in [4.69, 9.17) is 4.74 Å². The first-order valence-electron chi connectivity index (χ1n) is 6.32. The van der Waals surface area contributed by atoms with Crippen LogP contribution in [-0.2, 0) is 4.74 Å². The molecule has 0 saturated carbocycles. The van der Waals surface area contributed by atoms with E-state index in [1.54, 1.807) is 11.6 Å². The number of hydrogen-bond donors (Lipinski definition) is 0. The Balaban J connectivity index is 2.09. The number of amides is 1. The molecule has 1 aliphatic heterocycles. The molecule has 104 valence electrons. The van der Waals surface area contributed by atoms with E-state index in [9.17, 15) is 9.59 Å². The predicted octanol–water partition coefficient (Wildman–Crippen LogP) is 2.73. The lowest BCUT2D eigenvalue weighted by atomic mass is 10.1. The molecule has 1 atom stereocenters. The normalized spacial score (nSPS) is 19.5. The van der Waals surface area contributed by atoms with Crippen LogP contribution in [0.1, 0.15) is 43.4 Å². The van der Waals surface area contributed by atoms with Gasteiger partial charge < -0.3 is 4.74 Å². The van der Waals surface area contributed by atoms with Crippen molar-refractivity contribution < 1.29 is 14.3 Å². The van der Waals surface area contributed by atoms with Crippen LogP contribution in [0.2, 0.25) is 0 Å². The highest BCUT2D eigenvalue weighted by atomic mass is 32.1. The summed E-state index contributed by atoms with van der Waals surface area (Å²) in [5.74, 6) is -0.0849. The van der Waals surface area contributed by atoms with Crippen molar-refractivity contribution in [3.8, 4) is 0 Å². The third-order valence-corrected chi connectivity index (χ3v) is 3.61. The predicted molar refractivity (Wildman–Crippen MR) is 72.4 cm³/mol. The van der Waals surface area contributed by atoms with Crippen molar-refractivity contribution in [2.24, 2.45) is 0 Å². The van der Waals surface area contributed by atoms with Gasteiger partial charge in [-0.25, -0.2) is 9.78 Å². The Morgan fingerprint density at radius 1 is 1.47 bits per heavy atom. The Bertz CT molecular complexity index is 465. The second kappa shape index (κ2) is 5.28. The van der Waals surface area contributed by atoms with Crippen molar-refractivity contribution >= 4 is 23.2 Å². The first-order valence-corrected chi connectivity index (χ1v) is 7.20. The maximum absolute atomic E-state index is 12.3. The standard InChI is InChI=1S/C13H18N2O3S/c1-13(2,3)18-12(17)15-7-4-5-9(15)10(16)11-14-6-8-19-11/h6,8-9H,4-5,7H2,1-3H3/t9-/m1/s1. The molecule has 0 radical (unpaired) electrons. The van der Waals surface area contributed by atoms with Crippen LogP contribution in [0, 0.1) is 0 Å². The van der Waals surface area contributed by atoms with Gasteiger partial charge >= 0.3 is 6.09 Å². The van der Waals surface area contributed by atoms with E-state index in [0.29, 0.717) is 18.0 Å². The van der Waals surface area contributed by atoms with Crippen molar-refractivity contribution in [3.63, 3.8) is 0 Å². The number of hydrogen-bond acceptors (Lipinski definition) is 5. The van der Waals surface area contributed by atoms with Crippen molar-refractivity contribution in [2.45, 2.75) is 45.3 Å². The lowest BCUT2D eigenvalue weighted by Gasteiger charge is -2.27. The van der Waals surface area contributed by atoms with Crippen molar-refractivity contribution in [3.05, 3.63) is 16.6 Å². The SMILES string of the molecule is CC(C)(C)OC(=O)N1CCC[C@@H]1C(=O)c1nccs1. The number of likely N-dealkylation sites (tertiary alicyclic amines) is 1. The van der Waals surface area contributed by atoms with Gasteiger partial charge in [0.15, 0.2) is 5.01 Å². The maximum Gasteiger partial charge on any atom is 0.410 e. The molecule has 1 aromatic heterocycles. The fourth-order valence-corrected chi connectivity index (χ4v) is 2.69. The van der Waals surface area contributed by atoms with Gasteiger partial charge in [-0.05, 0) is 33.6 Å². The Morgan fingerprint density at radius 3 is 2.79 bits per heavy atom. The van der Waals surface area contributed by atoms with Gasteiger partial charge in [0.25, 0.3) is 0 Å². The Hall–Kier alpha value is -1.43. The summed E-state index contributed by atoms with van der Waals surface area (Å²) >= 11 is 1.31. The summed E-state index contributed by atoms with van der Waals surface area (Å²) in [5, 5.41) is 2.22. The second-order valence-electron chi connectivity index (χ2n) is 5.53. The molecule has 0 bridgehead atoms. The van der Waals surface area contributed by atoms with E-state index >= 15 is 0 Å². The van der Waals surface area contributed by atoms with Crippen molar-refractivity contribution in [1.29, 1.82) is 0 Å². The van der Waals surface area contributed by atoms with Gasteiger partial charge in [0, 0.05) is 18.1 Å². The summed E-state index contributed by atoms with van der Waals surface area (Å²) in [6, 6.07) is -0.430. The molecular weight excluding hydrogens is 264 g/mol. The molecule has 1 fully saturated rings. The summed E-state index contributed by atoms with van der Waals surface area (Å²) in [6.07, 6.45) is 2.68. The van der Waals surface area contributed by atoms with Crippen molar-refractivity contribution in [2.75, 3.05) is 6.54 Å². The first kappa shape index (κ1) is 14.0. The topological polar surface area (TPSA) is 59.5 Å². The van der Waals surface area contributed by atoms with Crippen LogP contribution in [0.5, 0.6) is 0 Å². The highest BCUT2D eigenvalue weighted by Crippen LogP contribution is 2.24. The Labute approximate surface area is 116 Å². The number of ketones is 1. The molecule has 0 N–H and O–H groups in total. The second-order valence-corrected chi connectivity index (χ2v) is 6.43. The monoisotopic (exact) mass is 282 g/mol. The molecule has 1 saturated heterocycles. The van der Waals surface area contributed by atoms with Crippen LogP contribution >= 0.6 is 11.3 Å². The number of ether oxygens (including phenoxy) is 1. The zero-order valence-corrected chi connectivity index (χ0v) is 12.2. The third kappa shape index (κ3) is 3.32. The van der Waals surface area contributed by atoms with Gasteiger partial charge in [-0.1, -0.05) is 0 Å². The van der Waals surface area contributed by atoms with Crippen LogP contribution < -0.4 is 0 Å². The molecule has 1 aromatic rings. The molecular formula is C13H18N2O3S. The zero-order valence-electron chi connectivity index (χ0n) is 11.4. The Kier molecular flexibility index (Phi) is 3.89. The molecule has 0 unspecified atom stereocenters. The minimum absolute atomic E-state index is 0.0849. The lowest BCUT2D eigenvalue weighted by molar-refractivity contribution is 0.0222. The number of carbonyl (C=O) groups is 2. The molecule has 2 rings (SSSR count). The molecule has 6 heteroatoms. The molecule has 0 spiro atoms. The fourth-order valence-electron chi connectivity index (χ4n) is 2.07. The molecule has 0 aromatic carbocycles. The van der Waals surface area contributed by atoms with Crippen LogP contribution in [0.25, 0.3) is 0 Å². The van der Waals surface area contributed by atoms with Gasteiger partial charge in [-0.3, -0.25) is 9.69 Å².